The Kier molecular flexibility index (Phi) is 3.82. The van der Waals surface area contributed by atoms with Crippen molar-refractivity contribution in [1.82, 2.24) is 4.90 Å². The number of morpholine rings is 1. The maximum absolute atomic E-state index is 12.3. The molecule has 1 fully saturated rings. The van der Waals surface area contributed by atoms with Crippen molar-refractivity contribution in [2.75, 3.05) is 26.3 Å². The van der Waals surface area contributed by atoms with Crippen LogP contribution in [0, 0.1) is 6.92 Å². The molecular weight excluding hydrogens is 232 g/mol. The van der Waals surface area contributed by atoms with Crippen LogP contribution in [0.5, 0.6) is 0 Å². The fraction of sp³-hybridized carbons (Fsp3) is 0.417. The van der Waals surface area contributed by atoms with Crippen LogP contribution < -0.4 is 0 Å². The monoisotopic (exact) mass is 246 g/mol. The Morgan fingerprint density at radius 2 is 2.17 bits per heavy atom. The molecular formula is C12H14N4O2. The third-order valence-electron chi connectivity index (χ3n) is 2.90. The number of benzene rings is 1. The molecule has 18 heavy (non-hydrogen) atoms. The first-order chi connectivity index (χ1) is 8.72. The van der Waals surface area contributed by atoms with E-state index in [1.54, 1.807) is 23.1 Å². The number of hydrogen-bond donors (Lipinski definition) is 0. The molecule has 0 bridgehead atoms. The molecule has 0 spiro atoms. The molecule has 0 radical (unpaired) electrons. The minimum absolute atomic E-state index is 0.00304. The van der Waals surface area contributed by atoms with E-state index in [0.29, 0.717) is 37.6 Å². The fourth-order valence-corrected chi connectivity index (χ4v) is 1.94. The Bertz CT molecular complexity index is 503. The maximum atomic E-state index is 12.3. The summed E-state index contributed by atoms with van der Waals surface area (Å²) in [5.41, 5.74) is 10.3. The zero-order chi connectivity index (χ0) is 13.0. The summed E-state index contributed by atoms with van der Waals surface area (Å²) < 4.78 is 5.22. The second-order valence-electron chi connectivity index (χ2n) is 4.09. The number of aryl methyl sites for hydroxylation is 1. The first-order valence-corrected chi connectivity index (χ1v) is 5.75. The highest BCUT2D eigenvalue weighted by molar-refractivity contribution is 5.96. The third-order valence-corrected chi connectivity index (χ3v) is 2.90. The molecule has 1 amide bonds. The normalized spacial score (nSPS) is 15.1. The highest BCUT2D eigenvalue weighted by Crippen LogP contribution is 2.19. The first-order valence-electron chi connectivity index (χ1n) is 5.75. The Labute approximate surface area is 105 Å². The lowest BCUT2D eigenvalue weighted by Gasteiger charge is -2.27. The number of carbonyl (C=O) groups excluding carboxylic acids is 1. The van der Waals surface area contributed by atoms with Gasteiger partial charge < -0.3 is 9.64 Å². The van der Waals surface area contributed by atoms with Crippen LogP contribution in [0.4, 0.5) is 5.69 Å². The maximum Gasteiger partial charge on any atom is 0.254 e. The molecule has 0 unspecified atom stereocenters. The smallest absolute Gasteiger partial charge is 0.254 e. The van der Waals surface area contributed by atoms with Crippen molar-refractivity contribution in [1.29, 1.82) is 0 Å². The molecule has 1 aliphatic rings. The van der Waals surface area contributed by atoms with Gasteiger partial charge in [0, 0.05) is 29.3 Å². The summed E-state index contributed by atoms with van der Waals surface area (Å²) in [5, 5.41) is 3.52. The van der Waals surface area contributed by atoms with Crippen molar-refractivity contribution in [3.05, 3.63) is 39.8 Å². The molecule has 0 N–H and O–H groups in total. The van der Waals surface area contributed by atoms with E-state index in [4.69, 9.17) is 10.3 Å². The Balaban J connectivity index is 2.22. The van der Waals surface area contributed by atoms with Crippen molar-refractivity contribution in [2.45, 2.75) is 6.92 Å². The summed E-state index contributed by atoms with van der Waals surface area (Å²) >= 11 is 0. The van der Waals surface area contributed by atoms with Crippen molar-refractivity contribution < 1.29 is 9.53 Å². The van der Waals surface area contributed by atoms with E-state index in [-0.39, 0.29) is 5.91 Å². The van der Waals surface area contributed by atoms with Crippen molar-refractivity contribution in [3.63, 3.8) is 0 Å². The molecule has 94 valence electrons. The molecule has 0 aromatic heterocycles. The molecule has 1 aromatic rings. The van der Waals surface area contributed by atoms with Gasteiger partial charge in [0.05, 0.1) is 13.2 Å². The molecule has 1 aliphatic heterocycles. The first kappa shape index (κ1) is 12.4. The van der Waals surface area contributed by atoms with Crippen molar-refractivity contribution in [3.8, 4) is 0 Å². The van der Waals surface area contributed by atoms with E-state index in [0.717, 1.165) is 5.56 Å². The minimum atomic E-state index is 0.00304. The van der Waals surface area contributed by atoms with Crippen molar-refractivity contribution >= 4 is 11.6 Å². The van der Waals surface area contributed by atoms with Crippen LogP contribution >= 0.6 is 0 Å². The highest BCUT2D eigenvalue weighted by Gasteiger charge is 2.19. The zero-order valence-electron chi connectivity index (χ0n) is 10.2. The van der Waals surface area contributed by atoms with Crippen LogP contribution in [0.1, 0.15) is 15.9 Å². The van der Waals surface area contributed by atoms with E-state index >= 15 is 0 Å². The average Bonchev–Trinajstić information content (AvgIpc) is 2.40. The summed E-state index contributed by atoms with van der Waals surface area (Å²) in [4.78, 5) is 16.8. The molecule has 0 atom stereocenters. The quantitative estimate of drug-likeness (QED) is 0.456. The topological polar surface area (TPSA) is 78.3 Å². The predicted octanol–water partition coefficient (Wildman–Crippen LogP) is 2.41. The summed E-state index contributed by atoms with van der Waals surface area (Å²) in [6, 6.07) is 5.07. The fourth-order valence-electron chi connectivity index (χ4n) is 1.94. The predicted molar refractivity (Wildman–Crippen MR) is 66.7 cm³/mol. The van der Waals surface area contributed by atoms with E-state index in [1.165, 1.54) is 0 Å². The molecule has 1 aromatic carbocycles. The molecule has 6 heteroatoms. The SMILES string of the molecule is Cc1cc(N=[N+]=[N-])ccc1C(=O)N1CCOCC1. The van der Waals surface area contributed by atoms with Gasteiger partial charge >= 0.3 is 0 Å². The number of carbonyl (C=O) groups is 1. The summed E-state index contributed by atoms with van der Waals surface area (Å²) in [7, 11) is 0. The summed E-state index contributed by atoms with van der Waals surface area (Å²) in [6.45, 7) is 4.25. The number of rotatable bonds is 2. The number of azide groups is 1. The molecule has 2 rings (SSSR count). The number of amides is 1. The molecule has 0 aliphatic carbocycles. The van der Waals surface area contributed by atoms with Gasteiger partial charge in [-0.25, -0.2) is 0 Å². The van der Waals surface area contributed by atoms with Gasteiger partial charge in [-0.3, -0.25) is 4.79 Å². The minimum Gasteiger partial charge on any atom is -0.378 e. The average molecular weight is 246 g/mol. The summed E-state index contributed by atoms with van der Waals surface area (Å²) in [5.74, 6) is 0.00304. The lowest BCUT2D eigenvalue weighted by molar-refractivity contribution is 0.0302. The van der Waals surface area contributed by atoms with Crippen LogP contribution in [0.25, 0.3) is 10.4 Å². The zero-order valence-corrected chi connectivity index (χ0v) is 10.2. The molecule has 6 nitrogen and oxygen atoms in total. The van der Waals surface area contributed by atoms with E-state index in [2.05, 4.69) is 10.0 Å². The largest absolute Gasteiger partial charge is 0.378 e. The number of nitrogens with zero attached hydrogens (tertiary/aromatic N) is 4. The van der Waals surface area contributed by atoms with Crippen LogP contribution in [0.15, 0.2) is 23.3 Å². The van der Waals surface area contributed by atoms with E-state index < -0.39 is 0 Å². The number of hydrogen-bond acceptors (Lipinski definition) is 3. The second-order valence-corrected chi connectivity index (χ2v) is 4.09. The van der Waals surface area contributed by atoms with Crippen LogP contribution in [0.2, 0.25) is 0 Å². The molecule has 1 heterocycles. The highest BCUT2D eigenvalue weighted by atomic mass is 16.5. The van der Waals surface area contributed by atoms with Gasteiger partial charge in [0.15, 0.2) is 0 Å². The Morgan fingerprint density at radius 3 is 2.78 bits per heavy atom. The van der Waals surface area contributed by atoms with Crippen LogP contribution in [-0.2, 0) is 4.74 Å². The van der Waals surface area contributed by atoms with Gasteiger partial charge in [-0.15, -0.1) is 0 Å². The van der Waals surface area contributed by atoms with Crippen LogP contribution in [-0.4, -0.2) is 37.1 Å². The second kappa shape index (κ2) is 5.53. The Morgan fingerprint density at radius 1 is 1.44 bits per heavy atom. The van der Waals surface area contributed by atoms with Gasteiger partial charge in [-0.05, 0) is 30.2 Å². The van der Waals surface area contributed by atoms with Gasteiger partial charge in [0.1, 0.15) is 0 Å². The van der Waals surface area contributed by atoms with Gasteiger partial charge in [-0.1, -0.05) is 11.2 Å². The standard InChI is InChI=1S/C12H14N4O2/c1-9-8-10(14-15-13)2-3-11(9)12(17)16-4-6-18-7-5-16/h2-3,8H,4-7H2,1H3. The van der Waals surface area contributed by atoms with Crippen LogP contribution in [0.3, 0.4) is 0 Å². The van der Waals surface area contributed by atoms with Crippen molar-refractivity contribution in [2.24, 2.45) is 5.11 Å². The van der Waals surface area contributed by atoms with Gasteiger partial charge in [0.25, 0.3) is 5.91 Å². The van der Waals surface area contributed by atoms with E-state index in [1.807, 2.05) is 6.92 Å². The van der Waals surface area contributed by atoms with Gasteiger partial charge in [-0.2, -0.15) is 0 Å². The summed E-state index contributed by atoms with van der Waals surface area (Å²) in [6.07, 6.45) is 0. The lowest BCUT2D eigenvalue weighted by Crippen LogP contribution is -2.40. The van der Waals surface area contributed by atoms with E-state index in [9.17, 15) is 4.79 Å². The Hall–Kier alpha value is -2.04. The number of ether oxygens (including phenoxy) is 1. The molecule has 0 saturated carbocycles. The lowest BCUT2D eigenvalue weighted by atomic mass is 10.1. The third kappa shape index (κ3) is 2.61. The van der Waals surface area contributed by atoms with Gasteiger partial charge in [0.2, 0.25) is 0 Å². The molecule has 1 saturated heterocycles.